The largest absolute Gasteiger partial charge is 0.416 e. The molecule has 0 spiro atoms. The third-order valence-corrected chi connectivity index (χ3v) is 3.11. The number of hydrogen-bond donors (Lipinski definition) is 2. The molecule has 1 aliphatic rings. The monoisotopic (exact) mass is 363 g/mol. The van der Waals surface area contributed by atoms with E-state index in [1.165, 1.54) is 6.07 Å². The SMILES string of the molecule is O=C1CCC(C(=O)Nc2cc(Br)cc(C(F)(F)F)c2)=NN1. The Hall–Kier alpha value is -1.90. The minimum atomic E-state index is -4.51. The standard InChI is InChI=1S/C12H9BrF3N3O2/c13-7-3-6(12(14,15)16)4-8(5-7)17-11(21)9-1-2-10(20)19-18-9/h3-5H,1-2H2,(H,17,21)(H,19,20). The maximum absolute atomic E-state index is 12.7. The number of anilines is 1. The van der Waals surface area contributed by atoms with Crippen LogP contribution in [-0.2, 0) is 15.8 Å². The van der Waals surface area contributed by atoms with E-state index in [9.17, 15) is 22.8 Å². The van der Waals surface area contributed by atoms with E-state index in [1.54, 1.807) is 0 Å². The summed E-state index contributed by atoms with van der Waals surface area (Å²) in [5.74, 6) is -0.963. The summed E-state index contributed by atoms with van der Waals surface area (Å²) in [7, 11) is 0. The van der Waals surface area contributed by atoms with Gasteiger partial charge in [-0.2, -0.15) is 18.3 Å². The molecule has 0 unspecified atom stereocenters. The number of nitrogens with one attached hydrogen (secondary N) is 2. The number of alkyl halides is 3. The molecule has 9 heteroatoms. The van der Waals surface area contributed by atoms with E-state index in [-0.39, 0.29) is 34.6 Å². The number of carbonyl (C=O) groups is 2. The van der Waals surface area contributed by atoms with E-state index >= 15 is 0 Å². The third kappa shape index (κ3) is 4.03. The molecule has 0 saturated carbocycles. The molecule has 0 saturated heterocycles. The van der Waals surface area contributed by atoms with Crippen LogP contribution in [0.2, 0.25) is 0 Å². The highest BCUT2D eigenvalue weighted by atomic mass is 79.9. The molecular weight excluding hydrogens is 355 g/mol. The number of benzene rings is 1. The molecule has 1 aromatic carbocycles. The average molecular weight is 364 g/mol. The molecule has 5 nitrogen and oxygen atoms in total. The Morgan fingerprint density at radius 2 is 2.00 bits per heavy atom. The van der Waals surface area contributed by atoms with E-state index in [2.05, 4.69) is 31.8 Å². The highest BCUT2D eigenvalue weighted by Crippen LogP contribution is 2.33. The molecule has 21 heavy (non-hydrogen) atoms. The van der Waals surface area contributed by atoms with E-state index in [0.29, 0.717) is 0 Å². The third-order valence-electron chi connectivity index (χ3n) is 2.65. The van der Waals surface area contributed by atoms with Gasteiger partial charge in [0, 0.05) is 23.0 Å². The first-order valence-electron chi connectivity index (χ1n) is 5.80. The van der Waals surface area contributed by atoms with Crippen molar-refractivity contribution in [2.24, 2.45) is 5.10 Å². The minimum Gasteiger partial charge on any atom is -0.321 e. The van der Waals surface area contributed by atoms with Crippen molar-refractivity contribution in [3.63, 3.8) is 0 Å². The fraction of sp³-hybridized carbons (Fsp3) is 0.250. The topological polar surface area (TPSA) is 70.6 Å². The van der Waals surface area contributed by atoms with Gasteiger partial charge in [-0.05, 0) is 18.2 Å². The van der Waals surface area contributed by atoms with Gasteiger partial charge in [-0.25, -0.2) is 5.43 Å². The molecule has 0 bridgehead atoms. The summed E-state index contributed by atoms with van der Waals surface area (Å²) in [4.78, 5) is 22.8. The molecule has 0 radical (unpaired) electrons. The maximum Gasteiger partial charge on any atom is 0.416 e. The minimum absolute atomic E-state index is 0.0127. The van der Waals surface area contributed by atoms with Crippen molar-refractivity contribution >= 4 is 39.1 Å². The smallest absolute Gasteiger partial charge is 0.321 e. The van der Waals surface area contributed by atoms with Crippen molar-refractivity contribution in [3.05, 3.63) is 28.2 Å². The lowest BCUT2D eigenvalue weighted by Crippen LogP contribution is -2.32. The first kappa shape index (κ1) is 15.5. The maximum atomic E-state index is 12.7. The van der Waals surface area contributed by atoms with Crippen molar-refractivity contribution in [3.8, 4) is 0 Å². The van der Waals surface area contributed by atoms with Crippen LogP contribution < -0.4 is 10.7 Å². The summed E-state index contributed by atoms with van der Waals surface area (Å²) in [6.07, 6.45) is -4.27. The zero-order valence-corrected chi connectivity index (χ0v) is 12.0. The second-order valence-corrected chi connectivity index (χ2v) is 5.19. The summed E-state index contributed by atoms with van der Waals surface area (Å²) in [6, 6.07) is 3.08. The van der Waals surface area contributed by atoms with E-state index in [0.717, 1.165) is 12.1 Å². The number of nitrogens with zero attached hydrogens (tertiary/aromatic N) is 1. The van der Waals surface area contributed by atoms with Crippen molar-refractivity contribution in [2.45, 2.75) is 19.0 Å². The van der Waals surface area contributed by atoms with Crippen molar-refractivity contribution < 1.29 is 22.8 Å². The van der Waals surface area contributed by atoms with Gasteiger partial charge in [0.2, 0.25) is 5.91 Å². The molecule has 1 aliphatic heterocycles. The molecule has 1 heterocycles. The second kappa shape index (κ2) is 5.84. The fourth-order valence-corrected chi connectivity index (χ4v) is 2.16. The van der Waals surface area contributed by atoms with Crippen LogP contribution in [0.5, 0.6) is 0 Å². The molecule has 0 fully saturated rings. The Kier molecular flexibility index (Phi) is 4.31. The number of hydrogen-bond acceptors (Lipinski definition) is 3. The predicted molar refractivity (Wildman–Crippen MR) is 72.6 cm³/mol. The average Bonchev–Trinajstić information content (AvgIpc) is 2.37. The molecule has 0 atom stereocenters. The Morgan fingerprint density at radius 3 is 2.57 bits per heavy atom. The van der Waals surface area contributed by atoms with Crippen LogP contribution in [0.15, 0.2) is 27.8 Å². The summed E-state index contributed by atoms with van der Waals surface area (Å²) in [5.41, 5.74) is 1.31. The molecule has 0 aromatic heterocycles. The molecule has 2 N–H and O–H groups in total. The summed E-state index contributed by atoms with van der Waals surface area (Å²) in [6.45, 7) is 0. The van der Waals surface area contributed by atoms with Crippen LogP contribution in [0, 0.1) is 0 Å². The first-order chi connectivity index (χ1) is 9.75. The van der Waals surface area contributed by atoms with Gasteiger partial charge in [0.1, 0.15) is 5.71 Å². The lowest BCUT2D eigenvalue weighted by molar-refractivity contribution is -0.137. The van der Waals surface area contributed by atoms with Gasteiger partial charge in [0.15, 0.2) is 0 Å². The molecule has 0 aliphatic carbocycles. The van der Waals surface area contributed by atoms with Crippen LogP contribution in [0.3, 0.4) is 0 Å². The van der Waals surface area contributed by atoms with Crippen molar-refractivity contribution in [1.82, 2.24) is 5.43 Å². The predicted octanol–water partition coefficient (Wildman–Crippen LogP) is 2.67. The van der Waals surface area contributed by atoms with Gasteiger partial charge in [0.05, 0.1) is 5.56 Å². The van der Waals surface area contributed by atoms with Crippen LogP contribution in [0.25, 0.3) is 0 Å². The normalized spacial score (nSPS) is 15.2. The zero-order valence-electron chi connectivity index (χ0n) is 10.4. The fourth-order valence-electron chi connectivity index (χ4n) is 1.67. The van der Waals surface area contributed by atoms with Gasteiger partial charge >= 0.3 is 6.18 Å². The Balaban J connectivity index is 2.18. The van der Waals surface area contributed by atoms with E-state index in [4.69, 9.17) is 0 Å². The first-order valence-corrected chi connectivity index (χ1v) is 6.59. The number of rotatable bonds is 2. The zero-order chi connectivity index (χ0) is 15.6. The Morgan fingerprint density at radius 1 is 1.29 bits per heavy atom. The van der Waals surface area contributed by atoms with Crippen LogP contribution >= 0.6 is 15.9 Å². The number of carbonyl (C=O) groups excluding carboxylic acids is 2. The molecule has 2 amide bonds. The lowest BCUT2D eigenvalue weighted by atomic mass is 10.1. The molecular formula is C12H9BrF3N3O2. The quantitative estimate of drug-likeness (QED) is 0.847. The summed E-state index contributed by atoms with van der Waals surface area (Å²) in [5, 5.41) is 5.90. The summed E-state index contributed by atoms with van der Waals surface area (Å²) < 4.78 is 38.2. The number of hydrazone groups is 1. The van der Waals surface area contributed by atoms with E-state index < -0.39 is 17.6 Å². The van der Waals surface area contributed by atoms with Crippen LogP contribution in [-0.4, -0.2) is 17.5 Å². The van der Waals surface area contributed by atoms with Gasteiger partial charge < -0.3 is 5.32 Å². The Labute approximate surface area is 125 Å². The van der Waals surface area contributed by atoms with Crippen LogP contribution in [0.4, 0.5) is 18.9 Å². The highest BCUT2D eigenvalue weighted by molar-refractivity contribution is 9.10. The Bertz CT molecular complexity index is 629. The molecule has 1 aromatic rings. The van der Waals surface area contributed by atoms with Gasteiger partial charge in [-0.3, -0.25) is 9.59 Å². The summed E-state index contributed by atoms with van der Waals surface area (Å²) >= 11 is 2.96. The van der Waals surface area contributed by atoms with Gasteiger partial charge in [-0.15, -0.1) is 0 Å². The van der Waals surface area contributed by atoms with Crippen molar-refractivity contribution in [1.29, 1.82) is 0 Å². The van der Waals surface area contributed by atoms with Gasteiger partial charge in [-0.1, -0.05) is 15.9 Å². The molecule has 112 valence electrons. The molecule has 2 rings (SSSR count). The number of amides is 2. The van der Waals surface area contributed by atoms with Crippen molar-refractivity contribution in [2.75, 3.05) is 5.32 Å². The van der Waals surface area contributed by atoms with Crippen LogP contribution in [0.1, 0.15) is 18.4 Å². The lowest BCUT2D eigenvalue weighted by Gasteiger charge is -2.13. The second-order valence-electron chi connectivity index (χ2n) is 4.27. The van der Waals surface area contributed by atoms with E-state index in [1.807, 2.05) is 0 Å². The van der Waals surface area contributed by atoms with Gasteiger partial charge in [0.25, 0.3) is 5.91 Å². The highest BCUT2D eigenvalue weighted by Gasteiger charge is 2.31. The number of halogens is 4.